The van der Waals surface area contributed by atoms with Gasteiger partial charge in [0.1, 0.15) is 6.61 Å². The number of carbonyl (C=O) groups is 1. The van der Waals surface area contributed by atoms with Crippen LogP contribution in [0.25, 0.3) is 0 Å². The summed E-state index contributed by atoms with van der Waals surface area (Å²) in [4.78, 5) is 16.3. The van der Waals surface area contributed by atoms with Crippen molar-refractivity contribution in [1.82, 2.24) is 15.2 Å². The van der Waals surface area contributed by atoms with Crippen LogP contribution in [-0.4, -0.2) is 32.8 Å². The molecule has 0 aliphatic rings. The van der Waals surface area contributed by atoms with Crippen LogP contribution >= 0.6 is 0 Å². The zero-order chi connectivity index (χ0) is 15.2. The van der Waals surface area contributed by atoms with Gasteiger partial charge < -0.3 is 5.11 Å². The lowest BCUT2D eigenvalue weighted by atomic mass is 10.1. The lowest BCUT2D eigenvalue weighted by molar-refractivity contribution is 0.102. The Morgan fingerprint density at radius 1 is 1.29 bits per heavy atom. The first-order valence-corrected chi connectivity index (χ1v) is 6.29. The number of nitrogens with one attached hydrogen (secondary N) is 1. The van der Waals surface area contributed by atoms with Crippen molar-refractivity contribution in [3.63, 3.8) is 0 Å². The van der Waals surface area contributed by atoms with Crippen molar-refractivity contribution in [2.75, 3.05) is 11.9 Å². The first kappa shape index (κ1) is 14.6. The van der Waals surface area contributed by atoms with E-state index >= 15 is 0 Å². The molecule has 0 radical (unpaired) electrons. The molecule has 2 rings (SSSR count). The van der Waals surface area contributed by atoms with Gasteiger partial charge in [-0.25, -0.2) is 4.98 Å². The fourth-order valence-electron chi connectivity index (χ4n) is 1.56. The molecule has 0 saturated heterocycles. The van der Waals surface area contributed by atoms with Crippen molar-refractivity contribution in [3.8, 4) is 11.8 Å². The predicted molar refractivity (Wildman–Crippen MR) is 77.7 cm³/mol. The van der Waals surface area contributed by atoms with Crippen LogP contribution in [0.2, 0.25) is 0 Å². The Balaban J connectivity index is 2.18. The fourth-order valence-corrected chi connectivity index (χ4v) is 1.56. The van der Waals surface area contributed by atoms with Crippen molar-refractivity contribution in [2.24, 2.45) is 0 Å². The molecule has 0 aliphatic heterocycles. The lowest BCUT2D eigenvalue weighted by Gasteiger charge is -2.05. The van der Waals surface area contributed by atoms with Crippen LogP contribution in [0.4, 0.5) is 5.95 Å². The van der Waals surface area contributed by atoms with E-state index in [-0.39, 0.29) is 18.5 Å². The number of carbonyl (C=O) groups excluding carboxylic acids is 1. The number of aryl methyl sites for hydroxylation is 2. The Hall–Kier alpha value is -2.78. The molecule has 0 aliphatic carbocycles. The normalized spacial score (nSPS) is 9.67. The number of amides is 1. The number of aliphatic hydroxyl groups excluding tert-OH is 1. The number of aliphatic hydroxyl groups is 1. The van der Waals surface area contributed by atoms with Crippen LogP contribution in [0, 0.1) is 25.7 Å². The molecule has 1 heterocycles. The molecule has 1 amide bonds. The van der Waals surface area contributed by atoms with Crippen molar-refractivity contribution >= 4 is 11.9 Å². The van der Waals surface area contributed by atoms with Crippen LogP contribution in [0.15, 0.2) is 24.3 Å². The Morgan fingerprint density at radius 2 is 2.10 bits per heavy atom. The first-order valence-electron chi connectivity index (χ1n) is 6.29. The Bertz CT molecular complexity index is 732. The lowest BCUT2D eigenvalue weighted by Crippen LogP contribution is -2.15. The topological polar surface area (TPSA) is 88.0 Å². The van der Waals surface area contributed by atoms with E-state index in [0.717, 1.165) is 0 Å². The van der Waals surface area contributed by atoms with E-state index in [1.807, 2.05) is 0 Å². The second-order valence-electron chi connectivity index (χ2n) is 4.30. The standard InChI is InChI=1S/C15H14N4O2/c1-10-11(2)18-19-15(16-10)17-14(21)13-7-3-5-12(9-13)6-4-8-20/h3,5,7,9,20H,8H2,1-2H3,(H,16,17,19,21). The zero-order valence-electron chi connectivity index (χ0n) is 11.7. The fraction of sp³-hybridized carbons (Fsp3) is 0.200. The van der Waals surface area contributed by atoms with Gasteiger partial charge in [0.25, 0.3) is 5.91 Å². The van der Waals surface area contributed by atoms with E-state index in [1.165, 1.54) is 0 Å². The van der Waals surface area contributed by atoms with E-state index in [4.69, 9.17) is 5.11 Å². The Kier molecular flexibility index (Phi) is 4.59. The summed E-state index contributed by atoms with van der Waals surface area (Å²) in [5.74, 6) is 5.10. The third kappa shape index (κ3) is 3.84. The minimum Gasteiger partial charge on any atom is -0.384 e. The minimum atomic E-state index is -0.340. The SMILES string of the molecule is Cc1nnc(NC(=O)c2cccc(C#CCO)c2)nc1C. The van der Waals surface area contributed by atoms with Crippen molar-refractivity contribution in [2.45, 2.75) is 13.8 Å². The first-order chi connectivity index (χ1) is 10.1. The minimum absolute atomic E-state index is 0.162. The summed E-state index contributed by atoms with van der Waals surface area (Å²) < 4.78 is 0. The largest absolute Gasteiger partial charge is 0.384 e. The van der Waals surface area contributed by atoms with E-state index in [9.17, 15) is 4.79 Å². The molecule has 2 N–H and O–H groups in total. The van der Waals surface area contributed by atoms with Gasteiger partial charge in [-0.3, -0.25) is 10.1 Å². The highest BCUT2D eigenvalue weighted by Crippen LogP contribution is 2.08. The molecule has 0 spiro atoms. The number of hydrogen-bond donors (Lipinski definition) is 2. The van der Waals surface area contributed by atoms with Gasteiger partial charge >= 0.3 is 0 Å². The summed E-state index contributed by atoms with van der Waals surface area (Å²) in [6, 6.07) is 6.77. The summed E-state index contributed by atoms with van der Waals surface area (Å²) in [5.41, 5.74) is 2.51. The monoisotopic (exact) mass is 282 g/mol. The quantitative estimate of drug-likeness (QED) is 0.805. The smallest absolute Gasteiger partial charge is 0.258 e. The zero-order valence-corrected chi connectivity index (χ0v) is 11.7. The maximum atomic E-state index is 12.1. The van der Waals surface area contributed by atoms with Crippen molar-refractivity contribution in [1.29, 1.82) is 0 Å². The molecular weight excluding hydrogens is 268 g/mol. The van der Waals surface area contributed by atoms with Gasteiger partial charge in [0.2, 0.25) is 5.95 Å². The molecule has 1 aromatic carbocycles. The number of anilines is 1. The average Bonchev–Trinajstić information content (AvgIpc) is 2.49. The van der Waals surface area contributed by atoms with E-state index in [1.54, 1.807) is 38.1 Å². The highest BCUT2D eigenvalue weighted by molar-refractivity contribution is 6.03. The summed E-state index contributed by atoms with van der Waals surface area (Å²) in [7, 11) is 0. The van der Waals surface area contributed by atoms with Gasteiger partial charge in [0.05, 0.1) is 11.4 Å². The molecule has 0 unspecified atom stereocenters. The molecule has 6 nitrogen and oxygen atoms in total. The number of benzene rings is 1. The van der Waals surface area contributed by atoms with Crippen LogP contribution in [0.1, 0.15) is 27.3 Å². The van der Waals surface area contributed by atoms with Crippen LogP contribution in [0.3, 0.4) is 0 Å². The molecule has 0 atom stereocenters. The van der Waals surface area contributed by atoms with E-state index < -0.39 is 0 Å². The summed E-state index contributed by atoms with van der Waals surface area (Å²) in [5, 5.41) is 19.0. The van der Waals surface area contributed by atoms with Gasteiger partial charge in [0, 0.05) is 11.1 Å². The Labute approximate surface area is 122 Å². The number of rotatable bonds is 2. The summed E-state index contributed by atoms with van der Waals surface area (Å²) >= 11 is 0. The maximum Gasteiger partial charge on any atom is 0.258 e. The van der Waals surface area contributed by atoms with Crippen LogP contribution in [-0.2, 0) is 0 Å². The molecule has 0 bridgehead atoms. The Morgan fingerprint density at radius 3 is 2.81 bits per heavy atom. The van der Waals surface area contributed by atoms with E-state index in [0.29, 0.717) is 22.5 Å². The van der Waals surface area contributed by atoms with Crippen LogP contribution < -0.4 is 5.32 Å². The number of hydrogen-bond acceptors (Lipinski definition) is 5. The van der Waals surface area contributed by atoms with Gasteiger partial charge in [-0.2, -0.15) is 5.10 Å². The second-order valence-corrected chi connectivity index (χ2v) is 4.30. The third-order valence-electron chi connectivity index (χ3n) is 2.75. The highest BCUT2D eigenvalue weighted by atomic mass is 16.2. The van der Waals surface area contributed by atoms with Gasteiger partial charge in [-0.05, 0) is 32.0 Å². The number of nitrogens with zero attached hydrogens (tertiary/aromatic N) is 3. The number of aromatic nitrogens is 3. The molecule has 2 aromatic rings. The predicted octanol–water partition coefficient (Wildman–Crippen LogP) is 1.08. The van der Waals surface area contributed by atoms with Crippen molar-refractivity contribution in [3.05, 3.63) is 46.8 Å². The van der Waals surface area contributed by atoms with Crippen LogP contribution in [0.5, 0.6) is 0 Å². The van der Waals surface area contributed by atoms with Crippen molar-refractivity contribution < 1.29 is 9.90 Å². The highest BCUT2D eigenvalue weighted by Gasteiger charge is 2.09. The molecule has 6 heteroatoms. The average molecular weight is 282 g/mol. The summed E-state index contributed by atoms with van der Waals surface area (Å²) in [6.07, 6.45) is 0. The molecule has 1 aromatic heterocycles. The second kappa shape index (κ2) is 6.59. The maximum absolute atomic E-state index is 12.1. The molecule has 0 saturated carbocycles. The molecule has 0 fully saturated rings. The molecular formula is C15H14N4O2. The molecule has 21 heavy (non-hydrogen) atoms. The van der Waals surface area contributed by atoms with E-state index in [2.05, 4.69) is 32.3 Å². The van der Waals surface area contributed by atoms with Gasteiger partial charge in [-0.1, -0.05) is 17.9 Å². The summed E-state index contributed by atoms with van der Waals surface area (Å²) in [6.45, 7) is 3.37. The molecule has 106 valence electrons. The van der Waals surface area contributed by atoms with Gasteiger partial charge in [0.15, 0.2) is 0 Å². The third-order valence-corrected chi connectivity index (χ3v) is 2.75. The van der Waals surface area contributed by atoms with Gasteiger partial charge in [-0.15, -0.1) is 5.10 Å².